The summed E-state index contributed by atoms with van der Waals surface area (Å²) in [4.78, 5) is 26.3. The Morgan fingerprint density at radius 1 is 1.17 bits per heavy atom. The Hall–Kier alpha value is -2.36. The summed E-state index contributed by atoms with van der Waals surface area (Å²) < 4.78 is 24.3. The second-order valence-corrected chi connectivity index (χ2v) is 10.8. The van der Waals surface area contributed by atoms with Crippen LogP contribution in [0, 0.1) is 0 Å². The third kappa shape index (κ3) is 3.61. The molecule has 154 valence electrons. The minimum absolute atomic E-state index is 0.0455. The highest BCUT2D eigenvalue weighted by atomic mass is 35.5. The number of nitrogens with one attached hydrogen (secondary N) is 1. The molecular weight excluding hydrogens is 444 g/mol. The lowest BCUT2D eigenvalue weighted by Crippen LogP contribution is -2.39. The van der Waals surface area contributed by atoms with Gasteiger partial charge in [-0.2, -0.15) is 0 Å². The maximum atomic E-state index is 12.3. The zero-order valence-electron chi connectivity index (χ0n) is 15.7. The lowest BCUT2D eigenvalue weighted by molar-refractivity contribution is 0.601. The van der Waals surface area contributed by atoms with Crippen LogP contribution in [0.2, 0.25) is 5.02 Å². The molecule has 0 bridgehead atoms. The van der Waals surface area contributed by atoms with Crippen molar-refractivity contribution in [2.75, 3.05) is 16.4 Å². The summed E-state index contributed by atoms with van der Waals surface area (Å²) >= 11 is 7.60. The monoisotopic (exact) mass is 460 g/mol. The van der Waals surface area contributed by atoms with E-state index < -0.39 is 9.84 Å². The van der Waals surface area contributed by atoms with Gasteiger partial charge < -0.3 is 9.88 Å². The SMILES string of the molecule is O=c1[nH]c(CSC2=NC3CS(=O)(=O)CC3N2c2cccc(Cl)c2)nc2ccccc12. The number of halogens is 1. The molecule has 1 aromatic heterocycles. The number of benzene rings is 2. The topological polar surface area (TPSA) is 95.5 Å². The molecule has 7 nitrogen and oxygen atoms in total. The van der Waals surface area contributed by atoms with Gasteiger partial charge in [0.1, 0.15) is 5.82 Å². The van der Waals surface area contributed by atoms with Crippen LogP contribution in [0.5, 0.6) is 0 Å². The molecule has 1 N–H and O–H groups in total. The molecule has 0 aliphatic carbocycles. The molecule has 1 saturated heterocycles. The van der Waals surface area contributed by atoms with Crippen molar-refractivity contribution in [3.8, 4) is 0 Å². The molecule has 0 spiro atoms. The first-order chi connectivity index (χ1) is 14.4. The second-order valence-electron chi connectivity index (χ2n) is 7.29. The summed E-state index contributed by atoms with van der Waals surface area (Å²) in [5.74, 6) is 1.05. The molecule has 2 aromatic carbocycles. The van der Waals surface area contributed by atoms with E-state index in [9.17, 15) is 13.2 Å². The first kappa shape index (κ1) is 19.6. The molecule has 10 heteroatoms. The Kier molecular flexibility index (Phi) is 4.83. The number of nitrogens with zero attached hydrogens (tertiary/aromatic N) is 3. The van der Waals surface area contributed by atoms with Gasteiger partial charge in [-0.25, -0.2) is 13.4 Å². The number of anilines is 1. The molecule has 30 heavy (non-hydrogen) atoms. The molecule has 3 aromatic rings. The van der Waals surface area contributed by atoms with Crippen LogP contribution in [0.4, 0.5) is 5.69 Å². The van der Waals surface area contributed by atoms with E-state index in [-0.39, 0.29) is 29.1 Å². The Bertz CT molecular complexity index is 1340. The zero-order chi connectivity index (χ0) is 20.9. The number of thioether (sulfide) groups is 1. The van der Waals surface area contributed by atoms with E-state index in [2.05, 4.69) is 9.97 Å². The fourth-order valence-corrected chi connectivity index (χ4v) is 6.92. The Labute approximate surface area is 182 Å². The molecule has 0 amide bonds. The number of hydrogen-bond donors (Lipinski definition) is 1. The van der Waals surface area contributed by atoms with Crippen LogP contribution in [-0.4, -0.2) is 47.1 Å². The van der Waals surface area contributed by atoms with Crippen LogP contribution in [0.15, 0.2) is 58.3 Å². The number of aromatic nitrogens is 2. The maximum Gasteiger partial charge on any atom is 0.258 e. The van der Waals surface area contributed by atoms with Gasteiger partial charge in [-0.1, -0.05) is 41.6 Å². The summed E-state index contributed by atoms with van der Waals surface area (Å²) in [6.07, 6.45) is 0. The van der Waals surface area contributed by atoms with Crippen molar-refractivity contribution in [2.45, 2.75) is 17.8 Å². The predicted octanol–water partition coefficient (Wildman–Crippen LogP) is 2.85. The highest BCUT2D eigenvalue weighted by molar-refractivity contribution is 8.13. The third-order valence-corrected chi connectivity index (χ3v) is 8.11. The van der Waals surface area contributed by atoms with Crippen LogP contribution in [0.3, 0.4) is 0 Å². The smallest absolute Gasteiger partial charge is 0.258 e. The number of aliphatic imine (C=N–C) groups is 1. The van der Waals surface area contributed by atoms with Crippen molar-refractivity contribution < 1.29 is 8.42 Å². The Morgan fingerprint density at radius 2 is 2.00 bits per heavy atom. The minimum Gasteiger partial charge on any atom is -0.315 e. The van der Waals surface area contributed by atoms with E-state index in [0.717, 1.165) is 5.69 Å². The number of aromatic amines is 1. The summed E-state index contributed by atoms with van der Waals surface area (Å²) in [6.45, 7) is 0. The van der Waals surface area contributed by atoms with Crippen molar-refractivity contribution in [3.05, 3.63) is 69.7 Å². The van der Waals surface area contributed by atoms with E-state index in [1.165, 1.54) is 11.8 Å². The van der Waals surface area contributed by atoms with Crippen LogP contribution >= 0.6 is 23.4 Å². The highest BCUT2D eigenvalue weighted by Crippen LogP contribution is 2.36. The number of fused-ring (bicyclic) bond motifs is 2. The second kappa shape index (κ2) is 7.40. The quantitative estimate of drug-likeness (QED) is 0.645. The average Bonchev–Trinajstić information content (AvgIpc) is 3.17. The van der Waals surface area contributed by atoms with Gasteiger partial charge in [0.25, 0.3) is 5.56 Å². The molecular formula is C20H17ClN4O3S2. The zero-order valence-corrected chi connectivity index (χ0v) is 18.0. The lowest BCUT2D eigenvalue weighted by atomic mass is 10.1. The van der Waals surface area contributed by atoms with Crippen molar-refractivity contribution >= 4 is 55.0 Å². The average molecular weight is 461 g/mol. The standard InChI is InChI=1S/C20H17ClN4O3S2/c21-12-4-3-5-13(8-12)25-17-11-30(27,28)10-16(17)23-20(25)29-9-18-22-15-7-2-1-6-14(15)19(26)24-18/h1-8,16-17H,9-11H2,(H,22,24,26). The Morgan fingerprint density at radius 3 is 2.83 bits per heavy atom. The van der Waals surface area contributed by atoms with Gasteiger partial charge in [-0.3, -0.25) is 9.79 Å². The van der Waals surface area contributed by atoms with Gasteiger partial charge in [0.2, 0.25) is 0 Å². The van der Waals surface area contributed by atoms with Crippen molar-refractivity contribution in [1.82, 2.24) is 9.97 Å². The first-order valence-corrected chi connectivity index (χ1v) is 12.5. The normalized spacial score (nSPS) is 22.3. The molecule has 1 fully saturated rings. The molecule has 0 radical (unpaired) electrons. The maximum absolute atomic E-state index is 12.3. The number of sulfone groups is 1. The summed E-state index contributed by atoms with van der Waals surface area (Å²) in [5.41, 5.74) is 1.26. The molecule has 2 atom stereocenters. The molecule has 2 unspecified atom stereocenters. The minimum atomic E-state index is -3.13. The van der Waals surface area contributed by atoms with Crippen LogP contribution < -0.4 is 10.5 Å². The molecule has 5 rings (SSSR count). The van der Waals surface area contributed by atoms with Crippen LogP contribution in [0.1, 0.15) is 5.82 Å². The van der Waals surface area contributed by atoms with E-state index in [4.69, 9.17) is 16.6 Å². The van der Waals surface area contributed by atoms with Crippen molar-refractivity contribution in [3.63, 3.8) is 0 Å². The van der Waals surface area contributed by atoms with Gasteiger partial charge in [0.05, 0.1) is 40.2 Å². The first-order valence-electron chi connectivity index (χ1n) is 9.33. The van der Waals surface area contributed by atoms with Crippen LogP contribution in [0.25, 0.3) is 10.9 Å². The van der Waals surface area contributed by atoms with E-state index in [0.29, 0.717) is 32.7 Å². The molecule has 2 aliphatic rings. The number of hydrogen-bond acceptors (Lipinski definition) is 7. The Balaban J connectivity index is 1.46. The van der Waals surface area contributed by atoms with E-state index >= 15 is 0 Å². The number of rotatable bonds is 3. The third-order valence-electron chi connectivity index (χ3n) is 5.19. The molecule has 0 saturated carbocycles. The number of amidine groups is 1. The summed E-state index contributed by atoms with van der Waals surface area (Å²) in [7, 11) is -3.13. The predicted molar refractivity (Wildman–Crippen MR) is 121 cm³/mol. The number of H-pyrrole nitrogens is 1. The largest absolute Gasteiger partial charge is 0.315 e. The fourth-order valence-electron chi connectivity index (χ4n) is 3.90. The summed E-state index contributed by atoms with van der Waals surface area (Å²) in [5, 5.41) is 1.82. The van der Waals surface area contributed by atoms with E-state index in [1.54, 1.807) is 30.3 Å². The van der Waals surface area contributed by atoms with E-state index in [1.807, 2.05) is 23.1 Å². The van der Waals surface area contributed by atoms with Crippen molar-refractivity contribution in [1.29, 1.82) is 0 Å². The molecule has 2 aliphatic heterocycles. The lowest BCUT2D eigenvalue weighted by Gasteiger charge is -2.26. The van der Waals surface area contributed by atoms with Gasteiger partial charge in [-0.15, -0.1) is 0 Å². The number of para-hydroxylation sites is 1. The summed E-state index contributed by atoms with van der Waals surface area (Å²) in [6, 6.07) is 13.9. The van der Waals surface area contributed by atoms with Gasteiger partial charge >= 0.3 is 0 Å². The van der Waals surface area contributed by atoms with Gasteiger partial charge in [0.15, 0.2) is 15.0 Å². The van der Waals surface area contributed by atoms with Gasteiger partial charge in [-0.05, 0) is 30.3 Å². The van der Waals surface area contributed by atoms with Crippen LogP contribution in [-0.2, 0) is 15.6 Å². The highest BCUT2D eigenvalue weighted by Gasteiger charge is 2.47. The van der Waals surface area contributed by atoms with Gasteiger partial charge in [0, 0.05) is 10.7 Å². The van der Waals surface area contributed by atoms with Crippen molar-refractivity contribution in [2.24, 2.45) is 4.99 Å². The molecule has 3 heterocycles. The fraction of sp³-hybridized carbons (Fsp3) is 0.250.